The third kappa shape index (κ3) is 2.52. The first-order chi connectivity index (χ1) is 10.8. The molecule has 1 heterocycles. The van der Waals surface area contributed by atoms with E-state index < -0.39 is 0 Å². The number of hydrogen-bond donors (Lipinski definition) is 0. The van der Waals surface area contributed by atoms with Gasteiger partial charge in [-0.15, -0.1) is 0 Å². The number of benzene rings is 1. The molecule has 1 aromatic heterocycles. The van der Waals surface area contributed by atoms with E-state index in [0.29, 0.717) is 5.56 Å². The summed E-state index contributed by atoms with van der Waals surface area (Å²) in [5.41, 5.74) is 3.89. The van der Waals surface area contributed by atoms with Crippen molar-refractivity contribution >= 4 is 0 Å². The summed E-state index contributed by atoms with van der Waals surface area (Å²) >= 11 is 0. The van der Waals surface area contributed by atoms with E-state index in [0.717, 1.165) is 24.2 Å². The summed E-state index contributed by atoms with van der Waals surface area (Å²) in [6, 6.07) is 5.50. The van der Waals surface area contributed by atoms with Crippen LogP contribution in [0.5, 0.6) is 5.75 Å². The molecule has 0 saturated heterocycles. The van der Waals surface area contributed by atoms with Gasteiger partial charge in [-0.25, -0.2) is 4.39 Å². The maximum Gasteiger partial charge on any atom is 0.134 e. The normalized spacial score (nSPS) is 18.3. The lowest BCUT2D eigenvalue weighted by molar-refractivity contribution is 0.313. The van der Waals surface area contributed by atoms with Crippen LogP contribution in [0.15, 0.2) is 30.6 Å². The predicted molar refractivity (Wildman–Crippen MR) is 91.5 cm³/mol. The molecule has 2 nitrogen and oxygen atoms in total. The van der Waals surface area contributed by atoms with Crippen LogP contribution in [0.3, 0.4) is 0 Å². The molecule has 1 aromatic carbocycles. The molecular weight excluding hydrogens is 289 g/mol. The van der Waals surface area contributed by atoms with Crippen LogP contribution in [0, 0.1) is 5.82 Å². The highest BCUT2D eigenvalue weighted by molar-refractivity contribution is 5.74. The Bertz CT molecular complexity index is 749. The summed E-state index contributed by atoms with van der Waals surface area (Å²) in [6.07, 6.45) is 5.26. The van der Waals surface area contributed by atoms with Gasteiger partial charge in [-0.05, 0) is 35.3 Å². The Kier molecular flexibility index (Phi) is 3.70. The minimum atomic E-state index is -0.272. The van der Waals surface area contributed by atoms with Crippen LogP contribution in [-0.4, -0.2) is 12.1 Å². The lowest BCUT2D eigenvalue weighted by Crippen LogP contribution is -2.34. The van der Waals surface area contributed by atoms with Gasteiger partial charge < -0.3 is 4.74 Å². The summed E-state index contributed by atoms with van der Waals surface area (Å²) in [5, 5.41) is 0. The Labute approximate surface area is 137 Å². The fraction of sp³-hybridized carbons (Fsp3) is 0.450. The van der Waals surface area contributed by atoms with Gasteiger partial charge in [0.2, 0.25) is 0 Å². The zero-order valence-electron chi connectivity index (χ0n) is 14.5. The third-order valence-corrected chi connectivity index (χ3v) is 5.20. The van der Waals surface area contributed by atoms with E-state index in [4.69, 9.17) is 4.74 Å². The van der Waals surface area contributed by atoms with Crippen molar-refractivity contribution in [2.45, 2.75) is 51.4 Å². The smallest absolute Gasteiger partial charge is 0.134 e. The number of rotatable bonds is 2. The number of hydrogen-bond acceptors (Lipinski definition) is 2. The number of methoxy groups -OCH3 is 1. The largest absolute Gasteiger partial charge is 0.496 e. The topological polar surface area (TPSA) is 22.1 Å². The summed E-state index contributed by atoms with van der Waals surface area (Å²) < 4.78 is 20.1. The van der Waals surface area contributed by atoms with Gasteiger partial charge in [-0.1, -0.05) is 39.8 Å². The molecule has 0 radical (unpaired) electrons. The van der Waals surface area contributed by atoms with Crippen molar-refractivity contribution in [2.75, 3.05) is 7.11 Å². The van der Waals surface area contributed by atoms with Crippen LogP contribution < -0.4 is 4.74 Å². The first kappa shape index (κ1) is 16.0. The molecule has 0 spiro atoms. The van der Waals surface area contributed by atoms with Crippen LogP contribution in [0.2, 0.25) is 0 Å². The van der Waals surface area contributed by atoms with E-state index in [2.05, 4.69) is 38.7 Å². The Morgan fingerprint density at radius 3 is 2.35 bits per heavy atom. The average Bonchev–Trinajstić information content (AvgIpc) is 2.51. The number of aromatic nitrogens is 1. The summed E-state index contributed by atoms with van der Waals surface area (Å²) in [4.78, 5) is 4.08. The van der Waals surface area contributed by atoms with E-state index in [9.17, 15) is 4.39 Å². The molecule has 1 aliphatic rings. The Balaban J connectivity index is 2.33. The number of nitrogens with zero attached hydrogens (tertiary/aromatic N) is 1. The molecule has 0 atom stereocenters. The molecule has 1 aliphatic carbocycles. The lowest BCUT2D eigenvalue weighted by Gasteiger charge is -2.43. The van der Waals surface area contributed by atoms with E-state index >= 15 is 0 Å². The molecule has 122 valence electrons. The summed E-state index contributed by atoms with van der Waals surface area (Å²) in [6.45, 7) is 9.02. The fourth-order valence-corrected chi connectivity index (χ4v) is 3.70. The van der Waals surface area contributed by atoms with Crippen molar-refractivity contribution in [3.63, 3.8) is 0 Å². The standard InChI is InChI=1S/C20H24FNO/c1-19(2)9-10-20(3,4)17-15(19)7-6-13(18(17)23-5)14-12-22-11-8-16(14)21/h6-8,11-12H,9-10H2,1-5H3. The third-order valence-electron chi connectivity index (χ3n) is 5.20. The maximum absolute atomic E-state index is 14.3. The van der Waals surface area contributed by atoms with Crippen LogP contribution in [0.1, 0.15) is 51.7 Å². The van der Waals surface area contributed by atoms with E-state index in [1.165, 1.54) is 23.4 Å². The molecular formula is C20H24FNO. The molecule has 0 saturated carbocycles. The second-order valence-corrected chi connectivity index (χ2v) is 7.69. The molecule has 0 unspecified atom stereocenters. The highest BCUT2D eigenvalue weighted by Gasteiger charge is 2.40. The Morgan fingerprint density at radius 2 is 1.70 bits per heavy atom. The van der Waals surface area contributed by atoms with Gasteiger partial charge in [0.15, 0.2) is 0 Å². The first-order valence-corrected chi connectivity index (χ1v) is 8.10. The predicted octanol–water partition coefficient (Wildman–Crippen LogP) is 5.25. The van der Waals surface area contributed by atoms with Crippen LogP contribution in [-0.2, 0) is 10.8 Å². The van der Waals surface area contributed by atoms with Gasteiger partial charge in [0.1, 0.15) is 11.6 Å². The summed E-state index contributed by atoms with van der Waals surface area (Å²) in [7, 11) is 1.67. The van der Waals surface area contributed by atoms with Gasteiger partial charge in [0.05, 0.1) is 7.11 Å². The molecule has 3 heteroatoms. The van der Waals surface area contributed by atoms with Gasteiger partial charge >= 0.3 is 0 Å². The quantitative estimate of drug-likeness (QED) is 0.756. The molecule has 0 fully saturated rings. The minimum Gasteiger partial charge on any atom is -0.496 e. The first-order valence-electron chi connectivity index (χ1n) is 8.10. The molecule has 0 amide bonds. The Hall–Kier alpha value is -1.90. The molecule has 0 bridgehead atoms. The number of pyridine rings is 1. The number of halogens is 1. The number of fused-ring (bicyclic) bond motifs is 1. The van der Waals surface area contributed by atoms with Crippen molar-refractivity contribution in [3.8, 4) is 16.9 Å². The monoisotopic (exact) mass is 313 g/mol. The molecule has 0 N–H and O–H groups in total. The van der Waals surface area contributed by atoms with Crippen molar-refractivity contribution in [2.24, 2.45) is 0 Å². The highest BCUT2D eigenvalue weighted by Crippen LogP contribution is 2.51. The second-order valence-electron chi connectivity index (χ2n) is 7.69. The zero-order chi connectivity index (χ0) is 16.8. The lowest BCUT2D eigenvalue weighted by atomic mass is 9.62. The fourth-order valence-electron chi connectivity index (χ4n) is 3.70. The van der Waals surface area contributed by atoms with E-state index in [-0.39, 0.29) is 16.6 Å². The van der Waals surface area contributed by atoms with E-state index in [1.807, 2.05) is 6.07 Å². The van der Waals surface area contributed by atoms with Gasteiger partial charge in [-0.2, -0.15) is 0 Å². The Morgan fingerprint density at radius 1 is 1.00 bits per heavy atom. The van der Waals surface area contributed by atoms with Crippen LogP contribution >= 0.6 is 0 Å². The van der Waals surface area contributed by atoms with Crippen LogP contribution in [0.25, 0.3) is 11.1 Å². The molecule has 23 heavy (non-hydrogen) atoms. The van der Waals surface area contributed by atoms with Gasteiger partial charge in [-0.3, -0.25) is 4.98 Å². The molecule has 2 aromatic rings. The average molecular weight is 313 g/mol. The number of ether oxygens (including phenoxy) is 1. The minimum absolute atomic E-state index is 0.00485. The zero-order valence-corrected chi connectivity index (χ0v) is 14.5. The maximum atomic E-state index is 14.3. The van der Waals surface area contributed by atoms with Crippen molar-refractivity contribution in [3.05, 3.63) is 47.5 Å². The SMILES string of the molecule is COc1c(-c2cnccc2F)ccc2c1C(C)(C)CCC2(C)C. The molecule has 0 aliphatic heterocycles. The second kappa shape index (κ2) is 5.33. The molecule has 3 rings (SSSR count). The van der Waals surface area contributed by atoms with Crippen LogP contribution in [0.4, 0.5) is 4.39 Å². The van der Waals surface area contributed by atoms with Crippen molar-refractivity contribution < 1.29 is 9.13 Å². The van der Waals surface area contributed by atoms with Crippen molar-refractivity contribution in [1.29, 1.82) is 0 Å². The van der Waals surface area contributed by atoms with Gasteiger partial charge in [0, 0.05) is 29.1 Å². The summed E-state index contributed by atoms with van der Waals surface area (Å²) in [5.74, 6) is 0.512. The van der Waals surface area contributed by atoms with Crippen molar-refractivity contribution in [1.82, 2.24) is 4.98 Å². The van der Waals surface area contributed by atoms with Gasteiger partial charge in [0.25, 0.3) is 0 Å². The highest BCUT2D eigenvalue weighted by atomic mass is 19.1. The van der Waals surface area contributed by atoms with E-state index in [1.54, 1.807) is 13.3 Å².